The predicted molar refractivity (Wildman–Crippen MR) is 110 cm³/mol. The number of aliphatic carboxylic acids is 1. The number of hydrogen-bond donors (Lipinski definition) is 2. The number of carbonyl (C=O) groups excluding carboxylic acids is 1. The number of carboxylic acid groups (broad SMARTS) is 1. The number of hydrogen-bond acceptors (Lipinski definition) is 5. The predicted octanol–water partition coefficient (Wildman–Crippen LogP) is 3.40. The van der Waals surface area contributed by atoms with Crippen molar-refractivity contribution >= 4 is 12.1 Å². The molecule has 152 valence electrons. The van der Waals surface area contributed by atoms with Crippen LogP contribution in [-0.4, -0.2) is 39.3 Å². The molecular formula is C23H21N3O4. The molecule has 0 radical (unpaired) electrons. The van der Waals surface area contributed by atoms with E-state index in [4.69, 9.17) is 4.74 Å². The number of nitrogens with zero attached hydrogens (tertiary/aromatic N) is 2. The summed E-state index contributed by atoms with van der Waals surface area (Å²) in [6.45, 7) is 1.55. The maximum Gasteiger partial charge on any atom is 0.408 e. The van der Waals surface area contributed by atoms with Gasteiger partial charge in [0.15, 0.2) is 0 Å². The van der Waals surface area contributed by atoms with E-state index in [-0.39, 0.29) is 18.9 Å². The zero-order valence-electron chi connectivity index (χ0n) is 16.4. The Kier molecular flexibility index (Phi) is 5.18. The second-order valence-electron chi connectivity index (χ2n) is 7.51. The summed E-state index contributed by atoms with van der Waals surface area (Å²) in [4.78, 5) is 32.1. The van der Waals surface area contributed by atoms with Gasteiger partial charge in [-0.3, -0.25) is 0 Å². The number of alkyl carbamates (subject to hydrolysis) is 1. The summed E-state index contributed by atoms with van der Waals surface area (Å²) in [6.07, 6.45) is 3.66. The number of rotatable bonds is 6. The Bertz CT molecular complexity index is 1040. The van der Waals surface area contributed by atoms with Crippen LogP contribution in [0.5, 0.6) is 0 Å². The van der Waals surface area contributed by atoms with Crippen molar-refractivity contribution in [1.82, 2.24) is 15.3 Å². The highest BCUT2D eigenvalue weighted by atomic mass is 16.5. The normalized spacial score (nSPS) is 14.3. The van der Waals surface area contributed by atoms with Gasteiger partial charge in [0, 0.05) is 24.7 Å². The minimum Gasteiger partial charge on any atom is -0.480 e. The van der Waals surface area contributed by atoms with E-state index < -0.39 is 17.6 Å². The van der Waals surface area contributed by atoms with Crippen LogP contribution in [0.15, 0.2) is 67.3 Å². The lowest BCUT2D eigenvalue weighted by Gasteiger charge is -2.26. The Balaban J connectivity index is 1.47. The lowest BCUT2D eigenvalue weighted by atomic mass is 9.94. The maximum absolute atomic E-state index is 12.5. The van der Waals surface area contributed by atoms with Gasteiger partial charge in [-0.1, -0.05) is 48.5 Å². The van der Waals surface area contributed by atoms with Gasteiger partial charge >= 0.3 is 12.1 Å². The van der Waals surface area contributed by atoms with Crippen LogP contribution in [0, 0.1) is 0 Å². The fraction of sp³-hybridized carbons (Fsp3) is 0.217. The van der Waals surface area contributed by atoms with Crippen molar-refractivity contribution in [2.24, 2.45) is 0 Å². The second kappa shape index (κ2) is 7.94. The summed E-state index contributed by atoms with van der Waals surface area (Å²) in [7, 11) is 0. The third kappa shape index (κ3) is 3.74. The molecule has 1 atom stereocenters. The van der Waals surface area contributed by atoms with E-state index in [1.54, 1.807) is 0 Å². The number of fused-ring (bicyclic) bond motifs is 3. The van der Waals surface area contributed by atoms with Crippen LogP contribution in [0.1, 0.15) is 29.5 Å². The van der Waals surface area contributed by atoms with Crippen LogP contribution in [0.25, 0.3) is 11.1 Å². The molecule has 2 aromatic carbocycles. The highest BCUT2D eigenvalue weighted by molar-refractivity contribution is 5.84. The molecule has 0 saturated heterocycles. The van der Waals surface area contributed by atoms with Crippen LogP contribution < -0.4 is 5.32 Å². The van der Waals surface area contributed by atoms with E-state index in [2.05, 4.69) is 27.4 Å². The summed E-state index contributed by atoms with van der Waals surface area (Å²) in [5, 5.41) is 12.2. The zero-order chi connectivity index (χ0) is 21.1. The fourth-order valence-electron chi connectivity index (χ4n) is 3.86. The summed E-state index contributed by atoms with van der Waals surface area (Å²) < 4.78 is 5.48. The first-order valence-electron chi connectivity index (χ1n) is 9.58. The molecule has 1 aliphatic rings. The Morgan fingerprint density at radius 1 is 1.03 bits per heavy atom. The van der Waals surface area contributed by atoms with E-state index in [0.29, 0.717) is 5.56 Å². The van der Waals surface area contributed by atoms with Crippen LogP contribution in [0.3, 0.4) is 0 Å². The van der Waals surface area contributed by atoms with Crippen LogP contribution in [0.4, 0.5) is 4.79 Å². The molecule has 0 bridgehead atoms. The molecule has 4 rings (SSSR count). The van der Waals surface area contributed by atoms with E-state index >= 15 is 0 Å². The van der Waals surface area contributed by atoms with Crippen LogP contribution >= 0.6 is 0 Å². The third-order valence-corrected chi connectivity index (χ3v) is 5.37. The molecule has 1 heterocycles. The summed E-state index contributed by atoms with van der Waals surface area (Å²) in [6, 6.07) is 16.0. The first kappa shape index (κ1) is 19.6. The zero-order valence-corrected chi connectivity index (χ0v) is 16.4. The molecule has 1 aliphatic carbocycles. The molecule has 7 nitrogen and oxygen atoms in total. The number of carbonyl (C=O) groups is 2. The highest BCUT2D eigenvalue weighted by Gasteiger charge is 2.36. The molecular weight excluding hydrogens is 382 g/mol. The number of benzene rings is 2. The second-order valence-corrected chi connectivity index (χ2v) is 7.51. The molecule has 1 aromatic heterocycles. The average molecular weight is 403 g/mol. The Labute approximate surface area is 173 Å². The monoisotopic (exact) mass is 403 g/mol. The minimum atomic E-state index is -1.55. The molecule has 1 amide bonds. The van der Waals surface area contributed by atoms with E-state index in [9.17, 15) is 14.7 Å². The summed E-state index contributed by atoms with van der Waals surface area (Å²) in [5.74, 6) is -1.26. The first-order chi connectivity index (χ1) is 14.5. The maximum atomic E-state index is 12.5. The number of carboxylic acids is 1. The molecule has 0 saturated carbocycles. The first-order valence-corrected chi connectivity index (χ1v) is 9.58. The van der Waals surface area contributed by atoms with Crippen LogP contribution in [0.2, 0.25) is 0 Å². The standard InChI is InChI=1S/C23H21N3O4/c1-23(21(27)28,10-15-11-24-14-25-12-15)26-22(29)30-13-20-18-8-4-2-6-16(18)17-7-3-5-9-19(17)20/h2-9,11-12,14,20H,10,13H2,1H3,(H,26,29)(H,27,28). The highest BCUT2D eigenvalue weighted by Crippen LogP contribution is 2.44. The molecule has 0 spiro atoms. The van der Waals surface area contributed by atoms with Crippen LogP contribution in [-0.2, 0) is 16.0 Å². The summed E-state index contributed by atoms with van der Waals surface area (Å²) >= 11 is 0. The van der Waals surface area contributed by atoms with Crippen molar-refractivity contribution in [3.8, 4) is 11.1 Å². The van der Waals surface area contributed by atoms with Crippen molar-refractivity contribution in [2.75, 3.05) is 6.61 Å². The molecule has 0 fully saturated rings. The number of amides is 1. The SMILES string of the molecule is CC(Cc1cncnc1)(NC(=O)OCC1c2ccccc2-c2ccccc21)C(=O)O. The van der Waals surface area contributed by atoms with Crippen molar-refractivity contribution in [3.63, 3.8) is 0 Å². The van der Waals surface area contributed by atoms with Crippen molar-refractivity contribution in [3.05, 3.63) is 83.9 Å². The molecule has 30 heavy (non-hydrogen) atoms. The number of ether oxygens (including phenoxy) is 1. The van der Waals surface area contributed by atoms with Gasteiger partial charge in [-0.05, 0) is 34.7 Å². The van der Waals surface area contributed by atoms with Gasteiger partial charge < -0.3 is 15.2 Å². The lowest BCUT2D eigenvalue weighted by molar-refractivity contribution is -0.143. The van der Waals surface area contributed by atoms with Crippen molar-refractivity contribution in [2.45, 2.75) is 24.8 Å². The Morgan fingerprint density at radius 2 is 1.60 bits per heavy atom. The molecule has 3 aromatic rings. The van der Waals surface area contributed by atoms with Crippen molar-refractivity contribution < 1.29 is 19.4 Å². The third-order valence-electron chi connectivity index (χ3n) is 5.37. The largest absolute Gasteiger partial charge is 0.480 e. The summed E-state index contributed by atoms with van der Waals surface area (Å²) in [5.41, 5.74) is 3.49. The molecule has 1 unspecified atom stereocenters. The van der Waals surface area contributed by atoms with Gasteiger partial charge in [-0.2, -0.15) is 0 Å². The van der Waals surface area contributed by atoms with Gasteiger partial charge in [0.25, 0.3) is 0 Å². The van der Waals surface area contributed by atoms with Gasteiger partial charge in [-0.25, -0.2) is 19.6 Å². The van der Waals surface area contributed by atoms with Gasteiger partial charge in [0.1, 0.15) is 18.5 Å². The minimum absolute atomic E-state index is 0.0351. The van der Waals surface area contributed by atoms with Crippen molar-refractivity contribution in [1.29, 1.82) is 0 Å². The quantitative estimate of drug-likeness (QED) is 0.654. The Hall–Kier alpha value is -3.74. The molecule has 7 heteroatoms. The van der Waals surface area contributed by atoms with E-state index in [1.165, 1.54) is 25.6 Å². The fourth-order valence-corrected chi connectivity index (χ4v) is 3.86. The lowest BCUT2D eigenvalue weighted by Crippen LogP contribution is -2.54. The van der Waals surface area contributed by atoms with Gasteiger partial charge in [-0.15, -0.1) is 0 Å². The van der Waals surface area contributed by atoms with E-state index in [1.807, 2.05) is 36.4 Å². The molecule has 2 N–H and O–H groups in total. The smallest absolute Gasteiger partial charge is 0.408 e. The van der Waals surface area contributed by atoms with Gasteiger partial charge in [0.2, 0.25) is 0 Å². The average Bonchev–Trinajstić information content (AvgIpc) is 3.06. The molecule has 0 aliphatic heterocycles. The van der Waals surface area contributed by atoms with E-state index in [0.717, 1.165) is 22.3 Å². The van der Waals surface area contributed by atoms with Gasteiger partial charge in [0.05, 0.1) is 0 Å². The Morgan fingerprint density at radius 3 is 2.17 bits per heavy atom. The topological polar surface area (TPSA) is 101 Å². The number of aromatic nitrogens is 2. The number of nitrogens with one attached hydrogen (secondary N) is 1.